The minimum absolute atomic E-state index is 0.535. The zero-order valence-corrected chi connectivity index (χ0v) is 12.5. The van der Waals surface area contributed by atoms with Crippen molar-refractivity contribution in [2.24, 2.45) is 0 Å². The molecule has 0 saturated carbocycles. The second-order valence-electron chi connectivity index (χ2n) is 4.17. The molecule has 0 spiro atoms. The number of rotatable bonds is 7. The summed E-state index contributed by atoms with van der Waals surface area (Å²) in [6.07, 6.45) is 5.02. The van der Waals surface area contributed by atoms with Crippen molar-refractivity contribution in [2.75, 3.05) is 6.54 Å². The van der Waals surface area contributed by atoms with Gasteiger partial charge in [-0.15, -0.1) is 0 Å². The lowest BCUT2D eigenvalue weighted by Crippen LogP contribution is -2.22. The van der Waals surface area contributed by atoms with E-state index in [1.165, 1.54) is 34.8 Å². The topological polar surface area (TPSA) is 12.0 Å². The molecule has 0 aromatic heterocycles. The Morgan fingerprint density at radius 3 is 2.56 bits per heavy atom. The highest BCUT2D eigenvalue weighted by molar-refractivity contribution is 14.1. The van der Waals surface area contributed by atoms with Crippen LogP contribution < -0.4 is 5.32 Å². The van der Waals surface area contributed by atoms with E-state index in [2.05, 4.69) is 66.0 Å². The molecule has 0 saturated heterocycles. The molecule has 1 rings (SSSR count). The van der Waals surface area contributed by atoms with E-state index >= 15 is 0 Å². The van der Waals surface area contributed by atoms with Gasteiger partial charge in [0.1, 0.15) is 0 Å². The highest BCUT2D eigenvalue weighted by Crippen LogP contribution is 2.24. The van der Waals surface area contributed by atoms with E-state index in [-0.39, 0.29) is 0 Å². The molecule has 1 N–H and O–H groups in total. The molecule has 0 aliphatic carbocycles. The first-order chi connectivity index (χ1) is 7.79. The van der Waals surface area contributed by atoms with E-state index in [9.17, 15) is 0 Å². The molecular weight excluding hydrogens is 309 g/mol. The van der Waals surface area contributed by atoms with E-state index < -0.39 is 0 Å². The van der Waals surface area contributed by atoms with Crippen LogP contribution in [0.1, 0.15) is 51.1 Å². The molecular formula is C14H22IN. The number of unbranched alkanes of at least 4 members (excludes halogenated alkanes) is 1. The number of hydrogen-bond acceptors (Lipinski definition) is 1. The van der Waals surface area contributed by atoms with Gasteiger partial charge in [-0.2, -0.15) is 0 Å². The third-order valence-corrected chi connectivity index (χ3v) is 3.75. The first-order valence-electron chi connectivity index (χ1n) is 6.27. The van der Waals surface area contributed by atoms with Gasteiger partial charge in [-0.1, -0.05) is 44.9 Å². The van der Waals surface area contributed by atoms with Gasteiger partial charge in [-0.05, 0) is 53.6 Å². The molecule has 1 atom stereocenters. The Hall–Kier alpha value is -0.0900. The summed E-state index contributed by atoms with van der Waals surface area (Å²) in [6.45, 7) is 5.59. The monoisotopic (exact) mass is 331 g/mol. The van der Waals surface area contributed by atoms with E-state index in [1.54, 1.807) is 0 Å². The maximum atomic E-state index is 3.66. The molecule has 0 fully saturated rings. The Balaban J connectivity index is 2.70. The number of nitrogens with one attached hydrogen (secondary N) is 1. The fraction of sp³-hybridized carbons (Fsp3) is 0.571. The molecule has 16 heavy (non-hydrogen) atoms. The zero-order chi connectivity index (χ0) is 11.8. The second-order valence-corrected chi connectivity index (χ2v) is 5.33. The summed E-state index contributed by atoms with van der Waals surface area (Å²) in [7, 11) is 0. The molecule has 90 valence electrons. The summed E-state index contributed by atoms with van der Waals surface area (Å²) in [5.74, 6) is 0. The van der Waals surface area contributed by atoms with Crippen molar-refractivity contribution in [2.45, 2.75) is 45.6 Å². The lowest BCUT2D eigenvalue weighted by atomic mass is 10.0. The Kier molecular flexibility index (Phi) is 7.05. The highest BCUT2D eigenvalue weighted by atomic mass is 127. The van der Waals surface area contributed by atoms with Gasteiger partial charge in [0, 0.05) is 9.61 Å². The summed E-state index contributed by atoms with van der Waals surface area (Å²) >= 11 is 2.44. The molecule has 0 aliphatic heterocycles. The SMILES string of the molecule is CCCCC(NCCC)c1ccccc1I. The van der Waals surface area contributed by atoms with Crippen LogP contribution in [0.4, 0.5) is 0 Å². The summed E-state index contributed by atoms with van der Waals surface area (Å²) in [6, 6.07) is 9.24. The Labute approximate surface area is 113 Å². The first-order valence-corrected chi connectivity index (χ1v) is 7.35. The summed E-state index contributed by atoms with van der Waals surface area (Å²) in [5, 5.41) is 3.66. The minimum Gasteiger partial charge on any atom is -0.310 e. The highest BCUT2D eigenvalue weighted by Gasteiger charge is 2.12. The third kappa shape index (κ3) is 4.42. The van der Waals surface area contributed by atoms with Crippen molar-refractivity contribution in [3.05, 3.63) is 33.4 Å². The smallest absolute Gasteiger partial charge is 0.0330 e. The van der Waals surface area contributed by atoms with Crippen molar-refractivity contribution in [3.8, 4) is 0 Å². The molecule has 1 aromatic rings. The van der Waals surface area contributed by atoms with Crippen LogP contribution in [0, 0.1) is 3.57 Å². The normalized spacial score (nSPS) is 12.7. The van der Waals surface area contributed by atoms with Crippen LogP contribution in [-0.4, -0.2) is 6.54 Å². The first kappa shape index (κ1) is 14.0. The standard InChI is InChI=1S/C14H22IN/c1-3-5-10-14(16-11-4-2)12-8-6-7-9-13(12)15/h6-9,14,16H,3-5,10-11H2,1-2H3. The van der Waals surface area contributed by atoms with Crippen LogP contribution in [0.3, 0.4) is 0 Å². The van der Waals surface area contributed by atoms with E-state index in [4.69, 9.17) is 0 Å². The Morgan fingerprint density at radius 2 is 1.94 bits per heavy atom. The number of hydrogen-bond donors (Lipinski definition) is 1. The van der Waals surface area contributed by atoms with Crippen LogP contribution in [0.25, 0.3) is 0 Å². The van der Waals surface area contributed by atoms with Crippen molar-refractivity contribution in [1.29, 1.82) is 0 Å². The predicted molar refractivity (Wildman–Crippen MR) is 79.7 cm³/mol. The summed E-state index contributed by atoms with van der Waals surface area (Å²) in [5.41, 5.74) is 1.46. The fourth-order valence-corrected chi connectivity index (χ4v) is 2.62. The van der Waals surface area contributed by atoms with Gasteiger partial charge in [0.15, 0.2) is 0 Å². The minimum atomic E-state index is 0.535. The van der Waals surface area contributed by atoms with Crippen molar-refractivity contribution in [3.63, 3.8) is 0 Å². The predicted octanol–water partition coefficient (Wildman–Crippen LogP) is 4.52. The quantitative estimate of drug-likeness (QED) is 0.724. The lowest BCUT2D eigenvalue weighted by molar-refractivity contribution is 0.480. The van der Waals surface area contributed by atoms with Crippen molar-refractivity contribution < 1.29 is 0 Å². The fourth-order valence-electron chi connectivity index (χ4n) is 1.85. The zero-order valence-electron chi connectivity index (χ0n) is 10.3. The Bertz CT molecular complexity index is 291. The largest absolute Gasteiger partial charge is 0.310 e. The van der Waals surface area contributed by atoms with Gasteiger partial charge in [0.05, 0.1) is 0 Å². The molecule has 0 radical (unpaired) electrons. The molecule has 1 aromatic carbocycles. The van der Waals surface area contributed by atoms with E-state index in [0.29, 0.717) is 6.04 Å². The molecule has 0 heterocycles. The average Bonchev–Trinajstić information content (AvgIpc) is 2.31. The van der Waals surface area contributed by atoms with Crippen LogP contribution in [0.15, 0.2) is 24.3 Å². The van der Waals surface area contributed by atoms with Gasteiger partial charge in [-0.25, -0.2) is 0 Å². The number of benzene rings is 1. The third-order valence-electron chi connectivity index (χ3n) is 2.77. The average molecular weight is 331 g/mol. The molecule has 0 amide bonds. The molecule has 2 heteroatoms. The van der Waals surface area contributed by atoms with Crippen LogP contribution in [0.5, 0.6) is 0 Å². The van der Waals surface area contributed by atoms with Gasteiger partial charge in [0.2, 0.25) is 0 Å². The van der Waals surface area contributed by atoms with Crippen LogP contribution in [0.2, 0.25) is 0 Å². The summed E-state index contributed by atoms with van der Waals surface area (Å²) < 4.78 is 1.38. The van der Waals surface area contributed by atoms with Crippen molar-refractivity contribution >= 4 is 22.6 Å². The van der Waals surface area contributed by atoms with Gasteiger partial charge in [-0.3, -0.25) is 0 Å². The molecule has 1 unspecified atom stereocenters. The Morgan fingerprint density at radius 1 is 1.19 bits per heavy atom. The van der Waals surface area contributed by atoms with Gasteiger partial charge in [0.25, 0.3) is 0 Å². The van der Waals surface area contributed by atoms with Crippen LogP contribution in [-0.2, 0) is 0 Å². The van der Waals surface area contributed by atoms with Crippen molar-refractivity contribution in [1.82, 2.24) is 5.32 Å². The maximum absolute atomic E-state index is 3.66. The maximum Gasteiger partial charge on any atom is 0.0330 e. The second kappa shape index (κ2) is 8.07. The molecule has 0 bridgehead atoms. The van der Waals surface area contributed by atoms with E-state index in [0.717, 1.165) is 6.54 Å². The lowest BCUT2D eigenvalue weighted by Gasteiger charge is -2.20. The van der Waals surface area contributed by atoms with Gasteiger partial charge < -0.3 is 5.32 Å². The molecule has 1 nitrogen and oxygen atoms in total. The van der Waals surface area contributed by atoms with Gasteiger partial charge >= 0.3 is 0 Å². The van der Waals surface area contributed by atoms with E-state index in [1.807, 2.05) is 0 Å². The van der Waals surface area contributed by atoms with Crippen LogP contribution >= 0.6 is 22.6 Å². The summed E-state index contributed by atoms with van der Waals surface area (Å²) in [4.78, 5) is 0. The number of halogens is 1. The molecule has 0 aliphatic rings.